The molecule has 0 aromatic heterocycles. The van der Waals surface area contributed by atoms with E-state index < -0.39 is 5.82 Å². The summed E-state index contributed by atoms with van der Waals surface area (Å²) in [6, 6.07) is 11.4. The van der Waals surface area contributed by atoms with E-state index in [9.17, 15) is 9.18 Å². The Kier molecular flexibility index (Phi) is 4.42. The van der Waals surface area contributed by atoms with Gasteiger partial charge in [0.25, 0.3) is 5.91 Å². The van der Waals surface area contributed by atoms with Crippen molar-refractivity contribution < 1.29 is 14.3 Å². The highest BCUT2D eigenvalue weighted by atomic mass is 19.1. The summed E-state index contributed by atoms with van der Waals surface area (Å²) in [7, 11) is 3.38. The zero-order valence-corrected chi connectivity index (χ0v) is 11.9. The van der Waals surface area contributed by atoms with Crippen LogP contribution >= 0.6 is 0 Å². The monoisotopic (exact) mass is 288 g/mol. The number of para-hydroxylation sites is 1. The van der Waals surface area contributed by atoms with Crippen molar-refractivity contribution >= 4 is 11.6 Å². The maximum Gasteiger partial charge on any atom is 0.255 e. The van der Waals surface area contributed by atoms with E-state index in [2.05, 4.69) is 5.32 Å². The van der Waals surface area contributed by atoms with E-state index >= 15 is 0 Å². The molecule has 5 heteroatoms. The maximum absolute atomic E-state index is 13.3. The van der Waals surface area contributed by atoms with Crippen LogP contribution in [0.1, 0.15) is 15.9 Å². The number of carbonyl (C=O) groups is 1. The lowest BCUT2D eigenvalue weighted by Gasteiger charge is -2.15. The second-order valence-corrected chi connectivity index (χ2v) is 4.88. The Labute approximate surface area is 122 Å². The molecule has 110 valence electrons. The lowest BCUT2D eigenvalue weighted by Crippen LogP contribution is -2.22. The number of carbonyl (C=O) groups excluding carboxylic acids is 1. The summed E-state index contributed by atoms with van der Waals surface area (Å²) in [5, 5.41) is 12.3. The second kappa shape index (κ2) is 6.26. The normalized spacial score (nSPS) is 10.2. The molecule has 0 aliphatic heterocycles. The van der Waals surface area contributed by atoms with Gasteiger partial charge in [0.05, 0.1) is 5.56 Å². The zero-order valence-electron chi connectivity index (χ0n) is 11.9. The molecule has 2 aromatic rings. The van der Waals surface area contributed by atoms with E-state index in [0.717, 1.165) is 0 Å². The van der Waals surface area contributed by atoms with Gasteiger partial charge in [-0.15, -0.1) is 0 Å². The molecule has 2 rings (SSSR count). The minimum atomic E-state index is -0.660. The Bertz CT molecular complexity index is 656. The number of amides is 1. The highest BCUT2D eigenvalue weighted by Crippen LogP contribution is 2.20. The van der Waals surface area contributed by atoms with E-state index in [-0.39, 0.29) is 11.7 Å². The highest BCUT2D eigenvalue weighted by Gasteiger charge is 2.12. The Morgan fingerprint density at radius 1 is 1.24 bits per heavy atom. The quantitative estimate of drug-likeness (QED) is 0.909. The summed E-state index contributed by atoms with van der Waals surface area (Å²) in [4.78, 5) is 13.6. The largest absolute Gasteiger partial charge is 0.505 e. The van der Waals surface area contributed by atoms with Gasteiger partial charge in [0, 0.05) is 26.3 Å². The van der Waals surface area contributed by atoms with Crippen molar-refractivity contribution in [3.63, 3.8) is 0 Å². The number of phenolic OH excluding ortho intramolecular Hbond substituents is 1. The second-order valence-electron chi connectivity index (χ2n) is 4.88. The standard InChI is InChI=1S/C16H17FN2O2/c1-19(2)16(21)12-5-3-4-6-14(12)18-10-11-7-8-15(20)13(17)9-11/h3-9,18,20H,10H2,1-2H3. The number of nitrogens with one attached hydrogen (secondary N) is 1. The fourth-order valence-electron chi connectivity index (χ4n) is 1.92. The Balaban J connectivity index is 2.16. The fraction of sp³-hybridized carbons (Fsp3) is 0.188. The third kappa shape index (κ3) is 3.51. The van der Waals surface area contributed by atoms with E-state index in [4.69, 9.17) is 5.11 Å². The van der Waals surface area contributed by atoms with Gasteiger partial charge in [-0.25, -0.2) is 4.39 Å². The predicted molar refractivity (Wildman–Crippen MR) is 79.9 cm³/mol. The molecule has 0 aliphatic rings. The first-order chi connectivity index (χ1) is 9.99. The summed E-state index contributed by atoms with van der Waals surface area (Å²) in [5.74, 6) is -1.14. The van der Waals surface area contributed by atoms with Crippen LogP contribution in [0.2, 0.25) is 0 Å². The maximum atomic E-state index is 13.3. The zero-order chi connectivity index (χ0) is 15.4. The van der Waals surface area contributed by atoms with Crippen LogP contribution in [0.3, 0.4) is 0 Å². The Morgan fingerprint density at radius 2 is 1.95 bits per heavy atom. The molecule has 0 fully saturated rings. The van der Waals surface area contributed by atoms with Crippen molar-refractivity contribution in [3.8, 4) is 5.75 Å². The predicted octanol–water partition coefficient (Wildman–Crippen LogP) is 2.85. The molecule has 0 unspecified atom stereocenters. The van der Waals surface area contributed by atoms with E-state index in [0.29, 0.717) is 23.4 Å². The SMILES string of the molecule is CN(C)C(=O)c1ccccc1NCc1ccc(O)c(F)c1. The molecule has 1 amide bonds. The van der Waals surface area contributed by atoms with Gasteiger partial charge in [0.15, 0.2) is 11.6 Å². The Hall–Kier alpha value is -2.56. The topological polar surface area (TPSA) is 52.6 Å². The van der Waals surface area contributed by atoms with E-state index in [1.807, 2.05) is 6.07 Å². The summed E-state index contributed by atoms with van der Waals surface area (Å²) >= 11 is 0. The van der Waals surface area contributed by atoms with Crippen LogP contribution in [-0.4, -0.2) is 30.0 Å². The van der Waals surface area contributed by atoms with Crippen LogP contribution in [0.4, 0.5) is 10.1 Å². The minimum absolute atomic E-state index is 0.102. The molecule has 0 saturated carbocycles. The fourth-order valence-corrected chi connectivity index (χ4v) is 1.92. The van der Waals surface area contributed by atoms with Crippen molar-refractivity contribution in [3.05, 3.63) is 59.4 Å². The van der Waals surface area contributed by atoms with Gasteiger partial charge in [-0.2, -0.15) is 0 Å². The first-order valence-corrected chi connectivity index (χ1v) is 6.51. The molecule has 0 atom stereocenters. The van der Waals surface area contributed by atoms with Crippen molar-refractivity contribution in [2.45, 2.75) is 6.54 Å². The third-order valence-corrected chi connectivity index (χ3v) is 3.06. The molecule has 2 aromatic carbocycles. The number of hydrogen-bond acceptors (Lipinski definition) is 3. The molecular weight excluding hydrogens is 271 g/mol. The van der Waals surface area contributed by atoms with Crippen molar-refractivity contribution in [1.82, 2.24) is 4.90 Å². The molecule has 2 N–H and O–H groups in total. The molecule has 0 spiro atoms. The van der Waals surface area contributed by atoms with Crippen molar-refractivity contribution in [2.75, 3.05) is 19.4 Å². The average molecular weight is 288 g/mol. The molecule has 0 saturated heterocycles. The van der Waals surface area contributed by atoms with Gasteiger partial charge in [0.1, 0.15) is 0 Å². The third-order valence-electron chi connectivity index (χ3n) is 3.06. The van der Waals surface area contributed by atoms with Gasteiger partial charge in [0.2, 0.25) is 0 Å². The summed E-state index contributed by atoms with van der Waals surface area (Å²) in [6.07, 6.45) is 0. The van der Waals surface area contributed by atoms with Gasteiger partial charge in [-0.3, -0.25) is 4.79 Å². The van der Waals surface area contributed by atoms with Crippen LogP contribution in [0.15, 0.2) is 42.5 Å². The van der Waals surface area contributed by atoms with Gasteiger partial charge in [-0.05, 0) is 29.8 Å². The van der Waals surface area contributed by atoms with Gasteiger partial charge < -0.3 is 15.3 Å². The lowest BCUT2D eigenvalue weighted by molar-refractivity contribution is 0.0828. The molecule has 0 bridgehead atoms. The number of nitrogens with zero attached hydrogens (tertiary/aromatic N) is 1. The van der Waals surface area contributed by atoms with Crippen LogP contribution in [0.25, 0.3) is 0 Å². The number of anilines is 1. The summed E-state index contributed by atoms with van der Waals surface area (Å²) < 4.78 is 13.3. The molecule has 21 heavy (non-hydrogen) atoms. The molecule has 4 nitrogen and oxygen atoms in total. The smallest absolute Gasteiger partial charge is 0.255 e. The first kappa shape index (κ1) is 14.8. The number of rotatable bonds is 4. The minimum Gasteiger partial charge on any atom is -0.505 e. The Morgan fingerprint density at radius 3 is 2.62 bits per heavy atom. The number of hydrogen-bond donors (Lipinski definition) is 2. The van der Waals surface area contributed by atoms with Gasteiger partial charge >= 0.3 is 0 Å². The molecule has 0 heterocycles. The number of benzene rings is 2. The number of halogens is 1. The summed E-state index contributed by atoms with van der Waals surface area (Å²) in [5.41, 5.74) is 1.92. The number of phenols is 1. The number of aromatic hydroxyl groups is 1. The van der Waals surface area contributed by atoms with Gasteiger partial charge in [-0.1, -0.05) is 18.2 Å². The van der Waals surface area contributed by atoms with E-state index in [1.165, 1.54) is 17.0 Å². The summed E-state index contributed by atoms with van der Waals surface area (Å²) in [6.45, 7) is 0.356. The van der Waals surface area contributed by atoms with Crippen LogP contribution in [0.5, 0.6) is 5.75 Å². The van der Waals surface area contributed by atoms with Crippen LogP contribution in [-0.2, 0) is 6.54 Å². The van der Waals surface area contributed by atoms with E-state index in [1.54, 1.807) is 38.4 Å². The average Bonchev–Trinajstić information content (AvgIpc) is 2.48. The first-order valence-electron chi connectivity index (χ1n) is 6.51. The van der Waals surface area contributed by atoms with Crippen molar-refractivity contribution in [2.24, 2.45) is 0 Å². The lowest BCUT2D eigenvalue weighted by atomic mass is 10.1. The van der Waals surface area contributed by atoms with Crippen molar-refractivity contribution in [1.29, 1.82) is 0 Å². The highest BCUT2D eigenvalue weighted by molar-refractivity contribution is 5.99. The molecule has 0 radical (unpaired) electrons. The van der Waals surface area contributed by atoms with Crippen LogP contribution in [0, 0.1) is 5.82 Å². The van der Waals surface area contributed by atoms with Crippen LogP contribution < -0.4 is 5.32 Å². The molecular formula is C16H17FN2O2. The molecule has 0 aliphatic carbocycles.